The van der Waals surface area contributed by atoms with Crippen LogP contribution in [0, 0.1) is 0 Å². The van der Waals surface area contributed by atoms with Crippen molar-refractivity contribution in [1.29, 1.82) is 0 Å². The van der Waals surface area contributed by atoms with Crippen LogP contribution in [0.5, 0.6) is 5.75 Å². The van der Waals surface area contributed by atoms with Crippen molar-refractivity contribution in [3.05, 3.63) is 48.4 Å². The second-order valence-corrected chi connectivity index (χ2v) is 5.30. The maximum Gasteiger partial charge on any atom is 0.160 e. The molecule has 1 fully saturated rings. The number of aromatic nitrogens is 3. The second kappa shape index (κ2) is 4.77. The van der Waals surface area contributed by atoms with Crippen LogP contribution in [0.25, 0.3) is 11.2 Å². The normalized spacial score (nSPS) is 14.5. The number of nitrogens with two attached hydrogens (primary N) is 1. The highest BCUT2D eigenvalue weighted by molar-refractivity contribution is 5.71. The topological polar surface area (TPSA) is 66.0 Å². The molecule has 1 aliphatic rings. The van der Waals surface area contributed by atoms with Crippen molar-refractivity contribution in [3.63, 3.8) is 0 Å². The lowest BCUT2D eigenvalue weighted by atomic mass is 10.3. The molecule has 0 radical (unpaired) electrons. The number of nitrogens with zero attached hydrogens (tertiary/aromatic N) is 3. The zero-order valence-corrected chi connectivity index (χ0v) is 11.6. The van der Waals surface area contributed by atoms with Crippen LogP contribution in [0.1, 0.15) is 24.7 Å². The van der Waals surface area contributed by atoms with Gasteiger partial charge in [0.05, 0.1) is 5.69 Å². The number of hydrogen-bond acceptors (Lipinski definition) is 4. The summed E-state index contributed by atoms with van der Waals surface area (Å²) in [4.78, 5) is 9.11. The molecule has 0 amide bonds. The molecule has 0 aliphatic heterocycles. The molecule has 1 saturated carbocycles. The Hall–Kier alpha value is -2.56. The van der Waals surface area contributed by atoms with Crippen molar-refractivity contribution in [2.75, 3.05) is 5.73 Å². The number of benzene rings is 1. The third-order valence-corrected chi connectivity index (χ3v) is 3.71. The van der Waals surface area contributed by atoms with E-state index in [1.165, 1.54) is 12.8 Å². The Bertz CT molecular complexity index is 792. The number of fused-ring (bicyclic) bond motifs is 1. The van der Waals surface area contributed by atoms with Crippen LogP contribution < -0.4 is 10.5 Å². The maximum absolute atomic E-state index is 5.91. The molecule has 2 N–H and O–H groups in total. The minimum atomic E-state index is 0.404. The average Bonchev–Trinajstić information content (AvgIpc) is 3.27. The van der Waals surface area contributed by atoms with Gasteiger partial charge in [-0.15, -0.1) is 0 Å². The molecule has 1 aliphatic carbocycles. The summed E-state index contributed by atoms with van der Waals surface area (Å²) in [5, 5.41) is 0. The van der Waals surface area contributed by atoms with Gasteiger partial charge in [-0.1, -0.05) is 12.1 Å². The lowest BCUT2D eigenvalue weighted by molar-refractivity contribution is 0.292. The monoisotopic (exact) mass is 280 g/mol. The van der Waals surface area contributed by atoms with Gasteiger partial charge in [-0.25, -0.2) is 9.97 Å². The molecule has 0 unspecified atom stereocenters. The van der Waals surface area contributed by atoms with Gasteiger partial charge in [0.2, 0.25) is 0 Å². The predicted molar refractivity (Wildman–Crippen MR) is 81.0 cm³/mol. The molecule has 0 atom stereocenters. The first-order valence-corrected chi connectivity index (χ1v) is 7.12. The van der Waals surface area contributed by atoms with Gasteiger partial charge in [0.1, 0.15) is 23.7 Å². The fourth-order valence-corrected chi connectivity index (χ4v) is 2.55. The van der Waals surface area contributed by atoms with E-state index in [2.05, 4.69) is 14.5 Å². The fourth-order valence-electron chi connectivity index (χ4n) is 2.55. The Labute approximate surface area is 122 Å². The predicted octanol–water partition coefficient (Wildman–Crippen LogP) is 2.93. The molecule has 2 aromatic heterocycles. The van der Waals surface area contributed by atoms with E-state index in [0.29, 0.717) is 24.1 Å². The van der Waals surface area contributed by atoms with Crippen molar-refractivity contribution >= 4 is 16.9 Å². The van der Waals surface area contributed by atoms with Gasteiger partial charge in [0.15, 0.2) is 5.65 Å². The Morgan fingerprint density at radius 3 is 2.86 bits per heavy atom. The number of pyridine rings is 1. The number of anilines is 1. The van der Waals surface area contributed by atoms with Crippen LogP contribution >= 0.6 is 0 Å². The first kappa shape index (κ1) is 12.2. The fraction of sp³-hybridized carbons (Fsp3) is 0.250. The van der Waals surface area contributed by atoms with Crippen LogP contribution in [0.15, 0.2) is 42.6 Å². The van der Waals surface area contributed by atoms with Crippen molar-refractivity contribution in [3.8, 4) is 5.75 Å². The van der Waals surface area contributed by atoms with Crippen molar-refractivity contribution in [1.82, 2.24) is 14.5 Å². The van der Waals surface area contributed by atoms with Gasteiger partial charge in [-0.2, -0.15) is 0 Å². The summed E-state index contributed by atoms with van der Waals surface area (Å²) in [7, 11) is 0. The summed E-state index contributed by atoms with van der Waals surface area (Å²) >= 11 is 0. The van der Waals surface area contributed by atoms with Gasteiger partial charge in [-0.05, 0) is 37.1 Å². The summed E-state index contributed by atoms with van der Waals surface area (Å²) in [6.07, 6.45) is 4.17. The zero-order valence-electron chi connectivity index (χ0n) is 11.6. The minimum Gasteiger partial charge on any atom is -0.484 e. The third-order valence-electron chi connectivity index (χ3n) is 3.71. The third kappa shape index (κ3) is 2.20. The number of ether oxygens (including phenoxy) is 1. The summed E-state index contributed by atoms with van der Waals surface area (Å²) < 4.78 is 8.04. The Balaban J connectivity index is 1.67. The van der Waals surface area contributed by atoms with Gasteiger partial charge < -0.3 is 15.0 Å². The Morgan fingerprint density at radius 1 is 1.19 bits per heavy atom. The standard InChI is InChI=1S/C16H16N4O/c17-12-4-1-2-6-14(12)21-10-15-19-13-5-3-9-18-16(13)20(15)11-7-8-11/h1-6,9,11H,7-8,10,17H2. The largest absolute Gasteiger partial charge is 0.484 e. The van der Waals surface area contributed by atoms with Crippen molar-refractivity contribution < 1.29 is 4.74 Å². The van der Waals surface area contributed by atoms with E-state index in [9.17, 15) is 0 Å². The SMILES string of the molecule is Nc1ccccc1OCc1nc2cccnc2n1C1CC1. The van der Waals surface area contributed by atoms with Crippen molar-refractivity contribution in [2.24, 2.45) is 0 Å². The average molecular weight is 280 g/mol. The van der Waals surface area contributed by atoms with E-state index in [0.717, 1.165) is 17.0 Å². The Kier molecular flexibility index (Phi) is 2.77. The molecular weight excluding hydrogens is 264 g/mol. The number of imidazole rings is 1. The molecule has 0 saturated heterocycles. The number of nitrogen functional groups attached to an aromatic ring is 1. The van der Waals surface area contributed by atoms with Crippen molar-refractivity contribution in [2.45, 2.75) is 25.5 Å². The van der Waals surface area contributed by atoms with Crippen LogP contribution in [0.2, 0.25) is 0 Å². The summed E-state index contributed by atoms with van der Waals surface area (Å²) in [6.45, 7) is 0.404. The molecule has 1 aromatic carbocycles. The minimum absolute atomic E-state index is 0.404. The molecule has 5 heteroatoms. The highest BCUT2D eigenvalue weighted by Crippen LogP contribution is 2.38. The van der Waals surface area contributed by atoms with E-state index >= 15 is 0 Å². The molecule has 3 aromatic rings. The Morgan fingerprint density at radius 2 is 2.05 bits per heavy atom. The molecule has 5 nitrogen and oxygen atoms in total. The summed E-state index contributed by atoms with van der Waals surface area (Å²) in [6, 6.07) is 11.9. The van der Waals surface area contributed by atoms with Crippen LogP contribution in [0.4, 0.5) is 5.69 Å². The van der Waals surface area contributed by atoms with Gasteiger partial charge in [-0.3, -0.25) is 0 Å². The van der Waals surface area contributed by atoms with Gasteiger partial charge in [0.25, 0.3) is 0 Å². The van der Waals surface area contributed by atoms with E-state index in [-0.39, 0.29) is 0 Å². The van der Waals surface area contributed by atoms with Gasteiger partial charge in [0, 0.05) is 12.2 Å². The molecular formula is C16H16N4O. The van der Waals surface area contributed by atoms with E-state index < -0.39 is 0 Å². The highest BCUT2D eigenvalue weighted by Gasteiger charge is 2.28. The maximum atomic E-state index is 5.91. The first-order valence-electron chi connectivity index (χ1n) is 7.12. The van der Waals surface area contributed by atoms with E-state index in [4.69, 9.17) is 10.5 Å². The molecule has 0 spiro atoms. The lowest BCUT2D eigenvalue weighted by Crippen LogP contribution is -2.07. The smallest absolute Gasteiger partial charge is 0.160 e. The number of para-hydroxylation sites is 2. The van der Waals surface area contributed by atoms with Crippen LogP contribution in [-0.4, -0.2) is 14.5 Å². The van der Waals surface area contributed by atoms with Gasteiger partial charge >= 0.3 is 0 Å². The summed E-state index contributed by atoms with van der Waals surface area (Å²) in [5.41, 5.74) is 8.41. The molecule has 0 bridgehead atoms. The molecule has 21 heavy (non-hydrogen) atoms. The molecule has 2 heterocycles. The van der Waals surface area contributed by atoms with E-state index in [1.54, 1.807) is 0 Å². The number of rotatable bonds is 4. The molecule has 106 valence electrons. The first-order chi connectivity index (χ1) is 10.3. The van der Waals surface area contributed by atoms with Crippen LogP contribution in [0.3, 0.4) is 0 Å². The second-order valence-electron chi connectivity index (χ2n) is 5.30. The molecule has 4 rings (SSSR count). The summed E-state index contributed by atoms with van der Waals surface area (Å²) in [5.74, 6) is 1.61. The lowest BCUT2D eigenvalue weighted by Gasteiger charge is -2.10. The highest BCUT2D eigenvalue weighted by atomic mass is 16.5. The van der Waals surface area contributed by atoms with E-state index in [1.807, 2.05) is 42.6 Å². The van der Waals surface area contributed by atoms with Crippen LogP contribution in [-0.2, 0) is 6.61 Å². The number of hydrogen-bond donors (Lipinski definition) is 1. The quantitative estimate of drug-likeness (QED) is 0.746. The zero-order chi connectivity index (χ0) is 14.2.